The summed E-state index contributed by atoms with van der Waals surface area (Å²) in [4.78, 5) is 0. The Morgan fingerprint density at radius 3 is 2.67 bits per heavy atom. The minimum absolute atomic E-state index is 0.257. The summed E-state index contributed by atoms with van der Waals surface area (Å²) in [6, 6.07) is 5.26. The molecule has 0 heterocycles. The van der Waals surface area contributed by atoms with E-state index in [-0.39, 0.29) is 11.4 Å². The van der Waals surface area contributed by atoms with Gasteiger partial charge in [0.25, 0.3) is 0 Å². The third kappa shape index (κ3) is 3.98. The lowest BCUT2D eigenvalue weighted by atomic mass is 10.0. The summed E-state index contributed by atoms with van der Waals surface area (Å²) in [5.74, 6) is 0.0883. The molecule has 1 rings (SSSR count). The van der Waals surface area contributed by atoms with Crippen molar-refractivity contribution in [2.24, 2.45) is 0 Å². The van der Waals surface area contributed by atoms with E-state index in [0.29, 0.717) is 11.3 Å². The molecule has 0 aliphatic carbocycles. The summed E-state index contributed by atoms with van der Waals surface area (Å²) in [6.07, 6.45) is 1.91. The van der Waals surface area contributed by atoms with Crippen molar-refractivity contribution >= 4 is 0 Å². The van der Waals surface area contributed by atoms with Crippen molar-refractivity contribution < 1.29 is 9.13 Å². The molecule has 0 fully saturated rings. The lowest BCUT2D eigenvalue weighted by molar-refractivity contribution is 0.0787. The SMILES string of the molecule is CCCNCC(C)(CC)Oc1cccc(C)c1F. The number of aryl methyl sites for hydroxylation is 1. The van der Waals surface area contributed by atoms with Crippen LogP contribution in [-0.2, 0) is 0 Å². The molecule has 1 N–H and O–H groups in total. The van der Waals surface area contributed by atoms with Crippen LogP contribution in [0.15, 0.2) is 18.2 Å². The maximum Gasteiger partial charge on any atom is 0.167 e. The highest BCUT2D eigenvalue weighted by atomic mass is 19.1. The fraction of sp³-hybridized carbons (Fsp3) is 0.600. The summed E-state index contributed by atoms with van der Waals surface area (Å²) >= 11 is 0. The molecule has 2 nitrogen and oxygen atoms in total. The van der Waals surface area contributed by atoms with Gasteiger partial charge in [0, 0.05) is 6.54 Å². The molecule has 0 aliphatic heterocycles. The smallest absolute Gasteiger partial charge is 0.167 e. The average Bonchev–Trinajstić information content (AvgIpc) is 2.35. The molecule has 0 aliphatic rings. The lowest BCUT2D eigenvalue weighted by Crippen LogP contribution is -2.43. The Labute approximate surface area is 110 Å². The van der Waals surface area contributed by atoms with E-state index in [1.54, 1.807) is 19.1 Å². The van der Waals surface area contributed by atoms with Gasteiger partial charge >= 0.3 is 0 Å². The minimum atomic E-state index is -0.371. The first-order valence-electron chi connectivity index (χ1n) is 6.67. The molecule has 0 saturated carbocycles. The van der Waals surface area contributed by atoms with Crippen LogP contribution in [-0.4, -0.2) is 18.7 Å². The second kappa shape index (κ2) is 6.74. The molecule has 18 heavy (non-hydrogen) atoms. The molecule has 0 aromatic heterocycles. The van der Waals surface area contributed by atoms with E-state index >= 15 is 0 Å². The molecule has 1 atom stereocenters. The first-order valence-corrected chi connectivity index (χ1v) is 6.67. The van der Waals surface area contributed by atoms with Crippen LogP contribution < -0.4 is 10.1 Å². The van der Waals surface area contributed by atoms with Crippen molar-refractivity contribution in [3.8, 4) is 5.75 Å². The Morgan fingerprint density at radius 2 is 2.06 bits per heavy atom. The van der Waals surface area contributed by atoms with E-state index in [1.165, 1.54) is 0 Å². The normalized spacial score (nSPS) is 14.3. The van der Waals surface area contributed by atoms with Gasteiger partial charge in [-0.1, -0.05) is 26.0 Å². The molecule has 1 unspecified atom stereocenters. The quantitative estimate of drug-likeness (QED) is 0.748. The summed E-state index contributed by atoms with van der Waals surface area (Å²) in [6.45, 7) is 9.62. The third-order valence-electron chi connectivity index (χ3n) is 3.19. The molecular formula is C15H24FNO. The summed E-state index contributed by atoms with van der Waals surface area (Å²) < 4.78 is 19.8. The van der Waals surface area contributed by atoms with Crippen LogP contribution in [0.5, 0.6) is 5.75 Å². The van der Waals surface area contributed by atoms with E-state index in [4.69, 9.17) is 4.74 Å². The minimum Gasteiger partial charge on any atom is -0.483 e. The van der Waals surface area contributed by atoms with E-state index in [9.17, 15) is 4.39 Å². The number of hydrogen-bond donors (Lipinski definition) is 1. The molecule has 0 saturated heterocycles. The van der Waals surface area contributed by atoms with E-state index in [2.05, 4.69) is 19.2 Å². The van der Waals surface area contributed by atoms with Crippen LogP contribution in [0.3, 0.4) is 0 Å². The Hall–Kier alpha value is -1.09. The molecular weight excluding hydrogens is 229 g/mol. The van der Waals surface area contributed by atoms with Crippen LogP contribution in [0.1, 0.15) is 39.2 Å². The highest BCUT2D eigenvalue weighted by Gasteiger charge is 2.25. The van der Waals surface area contributed by atoms with Crippen molar-refractivity contribution in [3.05, 3.63) is 29.6 Å². The fourth-order valence-corrected chi connectivity index (χ4v) is 1.73. The highest BCUT2D eigenvalue weighted by molar-refractivity contribution is 5.30. The van der Waals surface area contributed by atoms with Gasteiger partial charge in [0.05, 0.1) is 0 Å². The van der Waals surface area contributed by atoms with Gasteiger partial charge < -0.3 is 10.1 Å². The number of rotatable bonds is 7. The van der Waals surface area contributed by atoms with E-state index in [0.717, 1.165) is 25.9 Å². The number of benzene rings is 1. The van der Waals surface area contributed by atoms with Crippen LogP contribution >= 0.6 is 0 Å². The van der Waals surface area contributed by atoms with Gasteiger partial charge in [0.1, 0.15) is 5.60 Å². The molecule has 3 heteroatoms. The Kier molecular flexibility index (Phi) is 5.60. The van der Waals surface area contributed by atoms with Gasteiger partial charge in [-0.25, -0.2) is 4.39 Å². The zero-order chi connectivity index (χ0) is 13.6. The standard InChI is InChI=1S/C15H24FNO/c1-5-10-17-11-15(4,6-2)18-13-9-7-8-12(3)14(13)16/h7-9,17H,5-6,10-11H2,1-4H3. The maximum atomic E-state index is 13.9. The second-order valence-electron chi connectivity index (χ2n) is 4.97. The summed E-state index contributed by atoms with van der Waals surface area (Å²) in [5.41, 5.74) is 0.247. The lowest BCUT2D eigenvalue weighted by Gasteiger charge is -2.30. The van der Waals surface area contributed by atoms with E-state index in [1.807, 2.05) is 13.0 Å². The van der Waals surface area contributed by atoms with Gasteiger partial charge in [0.2, 0.25) is 0 Å². The molecule has 1 aromatic rings. The summed E-state index contributed by atoms with van der Waals surface area (Å²) in [5, 5.41) is 3.33. The van der Waals surface area contributed by atoms with Crippen LogP contribution in [0.25, 0.3) is 0 Å². The van der Waals surface area contributed by atoms with Crippen LogP contribution in [0, 0.1) is 12.7 Å². The van der Waals surface area contributed by atoms with Gasteiger partial charge in [-0.2, -0.15) is 0 Å². The molecule has 102 valence electrons. The molecule has 0 spiro atoms. The largest absolute Gasteiger partial charge is 0.483 e. The summed E-state index contributed by atoms with van der Waals surface area (Å²) in [7, 11) is 0. The van der Waals surface area contributed by atoms with Gasteiger partial charge in [-0.15, -0.1) is 0 Å². The Bertz CT molecular complexity index is 381. The van der Waals surface area contributed by atoms with Crippen molar-refractivity contribution in [1.82, 2.24) is 5.32 Å². The van der Waals surface area contributed by atoms with Gasteiger partial charge in [0.15, 0.2) is 11.6 Å². The predicted molar refractivity (Wildman–Crippen MR) is 73.6 cm³/mol. The van der Waals surface area contributed by atoms with E-state index < -0.39 is 0 Å². The zero-order valence-electron chi connectivity index (χ0n) is 11.8. The topological polar surface area (TPSA) is 21.3 Å². The van der Waals surface area contributed by atoms with Crippen molar-refractivity contribution in [2.45, 2.75) is 46.1 Å². The number of halogens is 1. The number of hydrogen-bond acceptors (Lipinski definition) is 2. The molecule has 0 bridgehead atoms. The van der Waals surface area contributed by atoms with Gasteiger partial charge in [-0.3, -0.25) is 0 Å². The Balaban J connectivity index is 2.75. The van der Waals surface area contributed by atoms with Gasteiger partial charge in [-0.05, 0) is 44.9 Å². The fourth-order valence-electron chi connectivity index (χ4n) is 1.73. The maximum absolute atomic E-state index is 13.9. The molecule has 1 aromatic carbocycles. The van der Waals surface area contributed by atoms with Crippen LogP contribution in [0.2, 0.25) is 0 Å². The second-order valence-corrected chi connectivity index (χ2v) is 4.97. The predicted octanol–water partition coefficient (Wildman–Crippen LogP) is 3.68. The monoisotopic (exact) mass is 253 g/mol. The average molecular weight is 253 g/mol. The van der Waals surface area contributed by atoms with Crippen LogP contribution in [0.4, 0.5) is 4.39 Å². The molecule has 0 amide bonds. The number of ether oxygens (including phenoxy) is 1. The first-order chi connectivity index (χ1) is 8.52. The van der Waals surface area contributed by atoms with Crippen molar-refractivity contribution in [3.63, 3.8) is 0 Å². The van der Waals surface area contributed by atoms with Crippen molar-refractivity contribution in [1.29, 1.82) is 0 Å². The number of nitrogens with one attached hydrogen (secondary N) is 1. The highest BCUT2D eigenvalue weighted by Crippen LogP contribution is 2.25. The van der Waals surface area contributed by atoms with Crippen molar-refractivity contribution in [2.75, 3.05) is 13.1 Å². The Morgan fingerprint density at radius 1 is 1.33 bits per heavy atom. The molecule has 0 radical (unpaired) electrons. The first kappa shape index (κ1) is 15.0. The zero-order valence-corrected chi connectivity index (χ0v) is 11.8. The third-order valence-corrected chi connectivity index (χ3v) is 3.19.